The molecule has 0 saturated carbocycles. The minimum Gasteiger partial charge on any atom is -0.382 e. The smallest absolute Gasteiger partial charge is 0.243 e. The summed E-state index contributed by atoms with van der Waals surface area (Å²) in [7, 11) is -0.0597. The lowest BCUT2D eigenvalue weighted by Crippen LogP contribution is -2.25. The first-order chi connectivity index (χ1) is 10.1. The Bertz CT molecular complexity index is 489. The molecule has 0 spiro atoms. The SMILES string of the molecule is CNCCn1cc(S(=O)(=O)NCCCOCCOC)cn1. The molecule has 0 aliphatic rings. The molecule has 1 heterocycles. The molecule has 122 valence electrons. The van der Waals surface area contributed by atoms with E-state index in [1.165, 1.54) is 12.4 Å². The number of aromatic nitrogens is 2. The van der Waals surface area contributed by atoms with Gasteiger partial charge < -0.3 is 14.8 Å². The van der Waals surface area contributed by atoms with E-state index in [1.807, 2.05) is 7.05 Å². The Hall–Kier alpha value is -1.00. The Kier molecular flexibility index (Phi) is 8.47. The predicted octanol–water partition coefficient (Wildman–Crippen LogP) is -0.566. The van der Waals surface area contributed by atoms with Gasteiger partial charge in [0, 0.05) is 33.0 Å². The molecule has 0 bridgehead atoms. The van der Waals surface area contributed by atoms with E-state index < -0.39 is 10.0 Å². The first-order valence-corrected chi connectivity index (χ1v) is 8.32. The molecule has 0 aliphatic carbocycles. The van der Waals surface area contributed by atoms with Crippen LogP contribution in [0.3, 0.4) is 0 Å². The summed E-state index contributed by atoms with van der Waals surface area (Å²) in [6, 6.07) is 0. The van der Waals surface area contributed by atoms with Crippen molar-refractivity contribution < 1.29 is 17.9 Å². The van der Waals surface area contributed by atoms with Crippen LogP contribution in [-0.4, -0.2) is 65.3 Å². The molecule has 0 aliphatic heterocycles. The fourth-order valence-electron chi connectivity index (χ4n) is 1.54. The highest BCUT2D eigenvalue weighted by atomic mass is 32.2. The zero-order valence-electron chi connectivity index (χ0n) is 12.5. The minimum atomic E-state index is -3.50. The fraction of sp³-hybridized carbons (Fsp3) is 0.750. The quantitative estimate of drug-likeness (QED) is 0.501. The number of nitrogens with zero attached hydrogens (tertiary/aromatic N) is 2. The lowest BCUT2D eigenvalue weighted by Gasteiger charge is -2.05. The van der Waals surface area contributed by atoms with E-state index in [-0.39, 0.29) is 4.90 Å². The number of methoxy groups -OCH3 is 1. The van der Waals surface area contributed by atoms with E-state index >= 15 is 0 Å². The molecule has 0 atom stereocenters. The molecular formula is C12H24N4O4S. The Morgan fingerprint density at radius 3 is 2.81 bits per heavy atom. The Balaban J connectivity index is 2.31. The van der Waals surface area contributed by atoms with Gasteiger partial charge in [-0.1, -0.05) is 0 Å². The van der Waals surface area contributed by atoms with Crippen LogP contribution in [0.1, 0.15) is 6.42 Å². The summed E-state index contributed by atoms with van der Waals surface area (Å²) >= 11 is 0. The number of ether oxygens (including phenoxy) is 2. The zero-order valence-corrected chi connectivity index (χ0v) is 13.4. The molecule has 1 aromatic rings. The van der Waals surface area contributed by atoms with Gasteiger partial charge in [0.1, 0.15) is 4.90 Å². The maximum absolute atomic E-state index is 12.0. The van der Waals surface area contributed by atoms with Gasteiger partial charge in [0.15, 0.2) is 0 Å². The number of hydrogen-bond donors (Lipinski definition) is 2. The summed E-state index contributed by atoms with van der Waals surface area (Å²) in [4.78, 5) is 0.180. The molecule has 0 unspecified atom stereocenters. The van der Waals surface area contributed by atoms with Gasteiger partial charge in [0.05, 0.1) is 26.0 Å². The molecule has 0 fully saturated rings. The highest BCUT2D eigenvalue weighted by Gasteiger charge is 2.15. The number of hydrogen-bond acceptors (Lipinski definition) is 6. The summed E-state index contributed by atoms with van der Waals surface area (Å²) in [6.45, 7) is 3.23. The number of likely N-dealkylation sites (N-methyl/N-ethyl adjacent to an activating group) is 1. The lowest BCUT2D eigenvalue weighted by atomic mass is 10.5. The van der Waals surface area contributed by atoms with Crippen LogP contribution in [0.2, 0.25) is 0 Å². The van der Waals surface area contributed by atoms with Crippen LogP contribution in [0.5, 0.6) is 0 Å². The van der Waals surface area contributed by atoms with Crippen LogP contribution in [0.4, 0.5) is 0 Å². The summed E-state index contributed by atoms with van der Waals surface area (Å²) in [5, 5.41) is 7.00. The van der Waals surface area contributed by atoms with Gasteiger partial charge in [0.25, 0.3) is 0 Å². The largest absolute Gasteiger partial charge is 0.382 e. The van der Waals surface area contributed by atoms with Crippen molar-refractivity contribution in [1.29, 1.82) is 0 Å². The molecule has 8 nitrogen and oxygen atoms in total. The molecular weight excluding hydrogens is 296 g/mol. The van der Waals surface area contributed by atoms with Gasteiger partial charge in [0.2, 0.25) is 10.0 Å². The second-order valence-electron chi connectivity index (χ2n) is 4.40. The van der Waals surface area contributed by atoms with Crippen LogP contribution in [-0.2, 0) is 26.0 Å². The van der Waals surface area contributed by atoms with E-state index in [2.05, 4.69) is 15.1 Å². The molecule has 2 N–H and O–H groups in total. The topological polar surface area (TPSA) is 94.5 Å². The van der Waals surface area contributed by atoms with Crippen molar-refractivity contribution >= 4 is 10.0 Å². The summed E-state index contributed by atoms with van der Waals surface area (Å²) in [5.41, 5.74) is 0. The first kappa shape index (κ1) is 18.1. The third kappa shape index (κ3) is 7.00. The second kappa shape index (κ2) is 9.85. The summed E-state index contributed by atoms with van der Waals surface area (Å²) < 4.78 is 38.3. The first-order valence-electron chi connectivity index (χ1n) is 6.83. The second-order valence-corrected chi connectivity index (χ2v) is 6.17. The normalized spacial score (nSPS) is 11.9. The van der Waals surface area contributed by atoms with Crippen LogP contribution < -0.4 is 10.0 Å². The molecule has 1 aromatic heterocycles. The van der Waals surface area contributed by atoms with Crippen molar-refractivity contribution in [2.24, 2.45) is 0 Å². The maximum atomic E-state index is 12.0. The monoisotopic (exact) mass is 320 g/mol. The maximum Gasteiger partial charge on any atom is 0.243 e. The highest BCUT2D eigenvalue weighted by Crippen LogP contribution is 2.06. The highest BCUT2D eigenvalue weighted by molar-refractivity contribution is 7.89. The standard InChI is InChI=1S/C12H24N4O4S/c1-13-5-6-16-11-12(10-14-16)21(17,18)15-4-3-7-20-9-8-19-2/h10-11,13,15H,3-9H2,1-2H3. The molecule has 0 saturated heterocycles. The third-order valence-electron chi connectivity index (χ3n) is 2.70. The fourth-order valence-corrected chi connectivity index (χ4v) is 2.57. The van der Waals surface area contributed by atoms with Gasteiger partial charge >= 0.3 is 0 Å². The van der Waals surface area contributed by atoms with E-state index in [9.17, 15) is 8.42 Å². The Morgan fingerprint density at radius 2 is 2.10 bits per heavy atom. The molecule has 1 rings (SSSR count). The van der Waals surface area contributed by atoms with Crippen LogP contribution in [0.15, 0.2) is 17.3 Å². The van der Waals surface area contributed by atoms with Crippen molar-refractivity contribution in [3.05, 3.63) is 12.4 Å². The number of nitrogens with one attached hydrogen (secondary N) is 2. The predicted molar refractivity (Wildman–Crippen MR) is 78.7 cm³/mol. The van der Waals surface area contributed by atoms with Crippen LogP contribution in [0.25, 0.3) is 0 Å². The molecule has 0 aromatic carbocycles. The third-order valence-corrected chi connectivity index (χ3v) is 4.12. The average molecular weight is 320 g/mol. The Morgan fingerprint density at radius 1 is 1.29 bits per heavy atom. The lowest BCUT2D eigenvalue weighted by molar-refractivity contribution is 0.0699. The molecule has 21 heavy (non-hydrogen) atoms. The van der Waals surface area contributed by atoms with Gasteiger partial charge in [-0.3, -0.25) is 4.68 Å². The molecule has 0 radical (unpaired) electrons. The van der Waals surface area contributed by atoms with Crippen molar-refractivity contribution in [2.45, 2.75) is 17.9 Å². The van der Waals surface area contributed by atoms with E-state index in [0.717, 1.165) is 6.54 Å². The summed E-state index contributed by atoms with van der Waals surface area (Å²) in [5.74, 6) is 0. The minimum absolute atomic E-state index is 0.180. The van der Waals surface area contributed by atoms with Crippen molar-refractivity contribution in [2.75, 3.05) is 47.1 Å². The van der Waals surface area contributed by atoms with Crippen LogP contribution in [0, 0.1) is 0 Å². The van der Waals surface area contributed by atoms with Crippen molar-refractivity contribution in [1.82, 2.24) is 19.8 Å². The van der Waals surface area contributed by atoms with E-state index in [1.54, 1.807) is 11.8 Å². The molecule has 9 heteroatoms. The average Bonchev–Trinajstić information content (AvgIpc) is 2.94. The van der Waals surface area contributed by atoms with E-state index in [0.29, 0.717) is 39.3 Å². The zero-order chi connectivity index (χ0) is 15.6. The van der Waals surface area contributed by atoms with Crippen molar-refractivity contribution in [3.8, 4) is 0 Å². The number of sulfonamides is 1. The van der Waals surface area contributed by atoms with Crippen LogP contribution >= 0.6 is 0 Å². The van der Waals surface area contributed by atoms with Gasteiger partial charge in [-0.25, -0.2) is 13.1 Å². The van der Waals surface area contributed by atoms with Crippen molar-refractivity contribution in [3.63, 3.8) is 0 Å². The molecule has 0 amide bonds. The Labute approximate surface area is 125 Å². The number of rotatable bonds is 12. The van der Waals surface area contributed by atoms with Gasteiger partial charge in [-0.15, -0.1) is 0 Å². The van der Waals surface area contributed by atoms with E-state index in [4.69, 9.17) is 9.47 Å². The van der Waals surface area contributed by atoms with Gasteiger partial charge in [-0.05, 0) is 13.5 Å². The summed E-state index contributed by atoms with van der Waals surface area (Å²) in [6.07, 6.45) is 3.48. The van der Waals surface area contributed by atoms with Gasteiger partial charge in [-0.2, -0.15) is 5.10 Å².